The van der Waals surface area contributed by atoms with Crippen LogP contribution in [0.4, 0.5) is 0 Å². The van der Waals surface area contributed by atoms with Crippen LogP contribution in [-0.2, 0) is 16.1 Å². The smallest absolute Gasteiger partial charge is 0.322 e. The molecule has 88 valence electrons. The number of para-hydroxylation sites is 1. The average Bonchev–Trinajstić information content (AvgIpc) is 2.29. The van der Waals surface area contributed by atoms with E-state index < -0.39 is 0 Å². The summed E-state index contributed by atoms with van der Waals surface area (Å²) in [5.41, 5.74) is 1.60. The fraction of sp³-hybridized carbons (Fsp3) is 0.417. The Morgan fingerprint density at radius 2 is 2.25 bits per heavy atom. The van der Waals surface area contributed by atoms with Gasteiger partial charge in [-0.1, -0.05) is 18.2 Å². The number of phenolic OH excluding ortho intramolecular Hbond substituents is 1. The average molecular weight is 223 g/mol. The van der Waals surface area contributed by atoms with E-state index >= 15 is 0 Å². The lowest BCUT2D eigenvalue weighted by molar-refractivity contribution is -0.142. The van der Waals surface area contributed by atoms with Gasteiger partial charge in [-0.2, -0.15) is 0 Å². The van der Waals surface area contributed by atoms with Crippen molar-refractivity contribution in [3.05, 3.63) is 29.3 Å². The van der Waals surface area contributed by atoms with Crippen LogP contribution in [0.5, 0.6) is 5.75 Å². The van der Waals surface area contributed by atoms with Crippen LogP contribution in [0.2, 0.25) is 0 Å². The summed E-state index contributed by atoms with van der Waals surface area (Å²) in [5, 5.41) is 12.7. The summed E-state index contributed by atoms with van der Waals surface area (Å²) in [7, 11) is 1.35. The first-order valence-electron chi connectivity index (χ1n) is 5.15. The lowest BCUT2D eigenvalue weighted by Crippen LogP contribution is -2.34. The summed E-state index contributed by atoms with van der Waals surface area (Å²) < 4.78 is 4.59. The van der Waals surface area contributed by atoms with Crippen molar-refractivity contribution in [3.8, 4) is 5.75 Å². The number of hydrogen-bond acceptors (Lipinski definition) is 4. The molecule has 0 heterocycles. The number of methoxy groups -OCH3 is 1. The molecule has 0 spiro atoms. The highest BCUT2D eigenvalue weighted by molar-refractivity contribution is 5.75. The van der Waals surface area contributed by atoms with Crippen molar-refractivity contribution in [2.24, 2.45) is 0 Å². The number of aromatic hydroxyl groups is 1. The zero-order valence-corrected chi connectivity index (χ0v) is 9.78. The van der Waals surface area contributed by atoms with Crippen LogP contribution in [-0.4, -0.2) is 24.2 Å². The van der Waals surface area contributed by atoms with Gasteiger partial charge in [-0.3, -0.25) is 4.79 Å². The predicted molar refractivity (Wildman–Crippen MR) is 61.2 cm³/mol. The van der Waals surface area contributed by atoms with E-state index in [0.717, 1.165) is 11.1 Å². The van der Waals surface area contributed by atoms with Crippen LogP contribution in [0.15, 0.2) is 18.2 Å². The molecule has 16 heavy (non-hydrogen) atoms. The van der Waals surface area contributed by atoms with Gasteiger partial charge in [0.15, 0.2) is 0 Å². The van der Waals surface area contributed by atoms with E-state index in [2.05, 4.69) is 10.1 Å². The summed E-state index contributed by atoms with van der Waals surface area (Å²) in [4.78, 5) is 11.1. The number of hydrogen-bond donors (Lipinski definition) is 2. The van der Waals surface area contributed by atoms with Crippen LogP contribution in [0.1, 0.15) is 18.1 Å². The molecule has 1 atom stereocenters. The van der Waals surface area contributed by atoms with E-state index in [1.165, 1.54) is 7.11 Å². The molecule has 0 aliphatic rings. The second-order valence-electron chi connectivity index (χ2n) is 3.71. The van der Waals surface area contributed by atoms with Gasteiger partial charge in [-0.15, -0.1) is 0 Å². The maximum absolute atomic E-state index is 11.1. The molecule has 0 bridgehead atoms. The molecule has 0 radical (unpaired) electrons. The van der Waals surface area contributed by atoms with Gasteiger partial charge in [0, 0.05) is 12.1 Å². The highest BCUT2D eigenvalue weighted by atomic mass is 16.5. The molecule has 4 nitrogen and oxygen atoms in total. The van der Waals surface area contributed by atoms with E-state index in [1.807, 2.05) is 25.1 Å². The van der Waals surface area contributed by atoms with E-state index in [9.17, 15) is 9.90 Å². The van der Waals surface area contributed by atoms with Gasteiger partial charge < -0.3 is 15.2 Å². The Bertz CT molecular complexity index is 377. The van der Waals surface area contributed by atoms with Gasteiger partial charge in [0.1, 0.15) is 11.8 Å². The molecule has 2 N–H and O–H groups in total. The summed E-state index contributed by atoms with van der Waals surface area (Å²) >= 11 is 0. The monoisotopic (exact) mass is 223 g/mol. The molecular weight excluding hydrogens is 206 g/mol. The molecule has 0 fully saturated rings. The minimum atomic E-state index is -0.384. The van der Waals surface area contributed by atoms with Crippen molar-refractivity contribution >= 4 is 5.97 Å². The Morgan fingerprint density at radius 3 is 2.88 bits per heavy atom. The number of carbonyl (C=O) groups excluding carboxylic acids is 1. The molecule has 1 rings (SSSR count). The van der Waals surface area contributed by atoms with Crippen LogP contribution >= 0.6 is 0 Å². The fourth-order valence-electron chi connectivity index (χ4n) is 1.39. The first kappa shape index (κ1) is 12.5. The first-order valence-corrected chi connectivity index (χ1v) is 5.15. The third-order valence-electron chi connectivity index (χ3n) is 2.47. The van der Waals surface area contributed by atoms with Crippen molar-refractivity contribution in [2.45, 2.75) is 26.4 Å². The molecule has 4 heteroatoms. The van der Waals surface area contributed by atoms with Gasteiger partial charge in [0.25, 0.3) is 0 Å². The quantitative estimate of drug-likeness (QED) is 0.756. The third-order valence-corrected chi connectivity index (χ3v) is 2.47. The number of aryl methyl sites for hydroxylation is 1. The number of ether oxygens (including phenoxy) is 1. The van der Waals surface area contributed by atoms with Crippen molar-refractivity contribution in [1.82, 2.24) is 5.32 Å². The van der Waals surface area contributed by atoms with Crippen LogP contribution in [0.3, 0.4) is 0 Å². The first-order chi connectivity index (χ1) is 7.56. The largest absolute Gasteiger partial charge is 0.507 e. The van der Waals surface area contributed by atoms with Crippen LogP contribution in [0.25, 0.3) is 0 Å². The minimum absolute atomic E-state index is 0.270. The Balaban J connectivity index is 2.61. The Morgan fingerprint density at radius 1 is 1.56 bits per heavy atom. The minimum Gasteiger partial charge on any atom is -0.507 e. The van der Waals surface area contributed by atoms with Crippen LogP contribution < -0.4 is 5.32 Å². The van der Waals surface area contributed by atoms with Crippen molar-refractivity contribution < 1.29 is 14.6 Å². The van der Waals surface area contributed by atoms with Gasteiger partial charge >= 0.3 is 5.97 Å². The number of phenols is 1. The van der Waals surface area contributed by atoms with E-state index in [-0.39, 0.29) is 17.8 Å². The zero-order chi connectivity index (χ0) is 12.1. The lowest BCUT2D eigenvalue weighted by Gasteiger charge is -2.12. The number of benzene rings is 1. The number of carbonyl (C=O) groups is 1. The second-order valence-corrected chi connectivity index (χ2v) is 3.71. The molecule has 0 saturated carbocycles. The summed E-state index contributed by atoms with van der Waals surface area (Å²) in [6.07, 6.45) is 0. The molecule has 0 aromatic heterocycles. The molecule has 0 saturated heterocycles. The molecule has 0 aliphatic heterocycles. The highest BCUT2D eigenvalue weighted by Gasteiger charge is 2.12. The Hall–Kier alpha value is -1.55. The maximum Gasteiger partial charge on any atom is 0.322 e. The van der Waals surface area contributed by atoms with Crippen molar-refractivity contribution in [1.29, 1.82) is 0 Å². The molecule has 1 aromatic carbocycles. The fourth-order valence-corrected chi connectivity index (χ4v) is 1.39. The normalized spacial score (nSPS) is 12.2. The lowest BCUT2D eigenvalue weighted by atomic mass is 10.1. The molecule has 1 unspecified atom stereocenters. The zero-order valence-electron chi connectivity index (χ0n) is 9.78. The molecule has 0 aliphatic carbocycles. The second kappa shape index (κ2) is 5.51. The van der Waals surface area contributed by atoms with Crippen molar-refractivity contribution in [2.75, 3.05) is 7.11 Å². The highest BCUT2D eigenvalue weighted by Crippen LogP contribution is 2.21. The van der Waals surface area contributed by atoms with E-state index in [1.54, 1.807) is 6.92 Å². The van der Waals surface area contributed by atoms with Gasteiger partial charge in [-0.25, -0.2) is 0 Å². The molecular formula is C12H17NO3. The summed E-state index contributed by atoms with van der Waals surface area (Å²) in [5.74, 6) is -0.0424. The van der Waals surface area contributed by atoms with Gasteiger partial charge in [0.2, 0.25) is 0 Å². The number of esters is 1. The van der Waals surface area contributed by atoms with Gasteiger partial charge in [-0.05, 0) is 19.4 Å². The van der Waals surface area contributed by atoms with Gasteiger partial charge in [0.05, 0.1) is 7.11 Å². The maximum atomic E-state index is 11.1. The Labute approximate surface area is 95.2 Å². The van der Waals surface area contributed by atoms with Crippen molar-refractivity contribution in [3.63, 3.8) is 0 Å². The molecule has 1 aromatic rings. The van der Waals surface area contributed by atoms with E-state index in [4.69, 9.17) is 0 Å². The summed E-state index contributed by atoms with van der Waals surface area (Å²) in [6, 6.07) is 5.14. The summed E-state index contributed by atoms with van der Waals surface area (Å²) in [6.45, 7) is 3.99. The molecule has 0 amide bonds. The topological polar surface area (TPSA) is 58.6 Å². The Kier molecular flexibility index (Phi) is 4.31. The predicted octanol–water partition coefficient (Wildman–Crippen LogP) is 1.35. The number of nitrogens with one attached hydrogen (secondary N) is 1. The van der Waals surface area contributed by atoms with E-state index in [0.29, 0.717) is 6.54 Å². The number of rotatable bonds is 4. The SMILES string of the molecule is COC(=O)C(C)NCc1cccc(C)c1O. The van der Waals surface area contributed by atoms with Crippen LogP contribution in [0, 0.1) is 6.92 Å². The third kappa shape index (κ3) is 2.97. The standard InChI is InChI=1S/C12H17NO3/c1-8-5-4-6-10(11(8)14)7-13-9(2)12(15)16-3/h4-6,9,13-14H,7H2,1-3H3.